The van der Waals surface area contributed by atoms with Crippen LogP contribution >= 0.6 is 0 Å². The van der Waals surface area contributed by atoms with Crippen LogP contribution < -0.4 is 10.6 Å². The van der Waals surface area contributed by atoms with Gasteiger partial charge in [-0.15, -0.1) is 0 Å². The smallest absolute Gasteiger partial charge is 0.412 e. The largest absolute Gasteiger partial charge is 0.498 e. The zero-order chi connectivity index (χ0) is 21.2. The number of carbonyl (C=O) groups excluding carboxylic acids is 2. The van der Waals surface area contributed by atoms with Crippen molar-refractivity contribution in [3.8, 4) is 11.1 Å². The maximum absolute atomic E-state index is 11.9. The van der Waals surface area contributed by atoms with E-state index in [1.165, 1.54) is 12.5 Å². The van der Waals surface area contributed by atoms with Gasteiger partial charge in [0.2, 0.25) is 0 Å². The molecule has 1 unspecified atom stereocenters. The van der Waals surface area contributed by atoms with Crippen molar-refractivity contribution in [1.82, 2.24) is 0 Å². The zero-order valence-corrected chi connectivity index (χ0v) is 16.2. The van der Waals surface area contributed by atoms with E-state index in [0.717, 1.165) is 11.1 Å². The standard InChI is InChI=1S/C22H22N2O6/c1-2-27-13-14-29-21(25)23-18-7-3-16(4-8-18)17-5-9-19(10-6-17)24-22(26)30-20-11-12-28-15-20/h2-12,20H,1,13-15H2,(H,23,25)(H,24,26). The third kappa shape index (κ3) is 6.30. The molecule has 1 aliphatic heterocycles. The second kappa shape index (κ2) is 10.6. The van der Waals surface area contributed by atoms with Gasteiger partial charge in [-0.05, 0) is 41.5 Å². The molecule has 0 aromatic heterocycles. The van der Waals surface area contributed by atoms with Crippen LogP contribution in [0, 0.1) is 0 Å². The normalized spacial score (nSPS) is 14.3. The van der Waals surface area contributed by atoms with Crippen molar-refractivity contribution >= 4 is 23.6 Å². The quantitative estimate of drug-likeness (QED) is 0.491. The number of amides is 2. The Labute approximate surface area is 174 Å². The molecule has 0 aliphatic carbocycles. The molecule has 3 rings (SSSR count). The maximum atomic E-state index is 11.9. The van der Waals surface area contributed by atoms with Crippen molar-refractivity contribution in [1.29, 1.82) is 0 Å². The van der Waals surface area contributed by atoms with E-state index in [0.29, 0.717) is 18.0 Å². The second-order valence-corrected chi connectivity index (χ2v) is 6.18. The molecule has 2 amide bonds. The number of benzene rings is 2. The highest BCUT2D eigenvalue weighted by molar-refractivity contribution is 5.86. The fourth-order valence-electron chi connectivity index (χ4n) is 2.62. The SMILES string of the molecule is C=COCCOC(=O)Nc1ccc(-c2ccc(NC(=O)OC3C=COC3)cc2)cc1. The van der Waals surface area contributed by atoms with Gasteiger partial charge >= 0.3 is 12.2 Å². The van der Waals surface area contributed by atoms with Crippen molar-refractivity contribution in [2.24, 2.45) is 0 Å². The van der Waals surface area contributed by atoms with Gasteiger partial charge in [0, 0.05) is 11.4 Å². The first-order valence-electron chi connectivity index (χ1n) is 9.27. The van der Waals surface area contributed by atoms with Crippen LogP contribution in [0.3, 0.4) is 0 Å². The predicted molar refractivity (Wildman–Crippen MR) is 112 cm³/mol. The Hall–Kier alpha value is -3.94. The van der Waals surface area contributed by atoms with E-state index in [9.17, 15) is 9.59 Å². The summed E-state index contributed by atoms with van der Waals surface area (Å²) >= 11 is 0. The summed E-state index contributed by atoms with van der Waals surface area (Å²) in [6.45, 7) is 4.13. The van der Waals surface area contributed by atoms with Gasteiger partial charge in [-0.1, -0.05) is 30.8 Å². The molecule has 8 nitrogen and oxygen atoms in total. The first-order chi connectivity index (χ1) is 14.6. The number of hydrogen-bond donors (Lipinski definition) is 2. The Bertz CT molecular complexity index is 893. The lowest BCUT2D eigenvalue weighted by Crippen LogP contribution is -2.22. The molecule has 30 heavy (non-hydrogen) atoms. The molecule has 1 aliphatic rings. The average Bonchev–Trinajstić information content (AvgIpc) is 3.25. The van der Waals surface area contributed by atoms with Crippen LogP contribution in [0.4, 0.5) is 21.0 Å². The van der Waals surface area contributed by atoms with Crippen molar-refractivity contribution < 1.29 is 28.5 Å². The van der Waals surface area contributed by atoms with Crippen LogP contribution in [-0.2, 0) is 18.9 Å². The second-order valence-electron chi connectivity index (χ2n) is 6.18. The highest BCUT2D eigenvalue weighted by atomic mass is 16.6. The van der Waals surface area contributed by atoms with Crippen LogP contribution in [0.2, 0.25) is 0 Å². The fourth-order valence-corrected chi connectivity index (χ4v) is 2.62. The highest BCUT2D eigenvalue weighted by Crippen LogP contribution is 2.23. The van der Waals surface area contributed by atoms with Crippen LogP contribution in [-0.4, -0.2) is 38.1 Å². The molecule has 2 aromatic rings. The summed E-state index contributed by atoms with van der Waals surface area (Å²) in [5.41, 5.74) is 3.14. The predicted octanol–water partition coefficient (Wildman–Crippen LogP) is 4.52. The summed E-state index contributed by atoms with van der Waals surface area (Å²) < 4.78 is 20.0. The summed E-state index contributed by atoms with van der Waals surface area (Å²) in [7, 11) is 0. The molecule has 0 bridgehead atoms. The van der Waals surface area contributed by atoms with Gasteiger partial charge in [-0.3, -0.25) is 10.6 Å². The van der Waals surface area contributed by atoms with Gasteiger partial charge in [-0.25, -0.2) is 9.59 Å². The molecule has 0 spiro atoms. The van der Waals surface area contributed by atoms with E-state index in [2.05, 4.69) is 17.2 Å². The first-order valence-corrected chi connectivity index (χ1v) is 9.27. The monoisotopic (exact) mass is 410 g/mol. The van der Waals surface area contributed by atoms with Gasteiger partial charge < -0.3 is 18.9 Å². The van der Waals surface area contributed by atoms with Gasteiger partial charge in [0.1, 0.15) is 19.8 Å². The van der Waals surface area contributed by atoms with E-state index in [4.69, 9.17) is 18.9 Å². The molecular formula is C22H22N2O6. The summed E-state index contributed by atoms with van der Waals surface area (Å²) in [5.74, 6) is 0. The summed E-state index contributed by atoms with van der Waals surface area (Å²) in [6.07, 6.45) is 3.01. The van der Waals surface area contributed by atoms with Gasteiger partial charge in [-0.2, -0.15) is 0 Å². The first kappa shape index (κ1) is 20.8. The van der Waals surface area contributed by atoms with Crippen LogP contribution in [0.1, 0.15) is 0 Å². The molecule has 2 aromatic carbocycles. The van der Waals surface area contributed by atoms with Crippen molar-refractivity contribution in [3.05, 3.63) is 73.7 Å². The minimum Gasteiger partial charge on any atom is -0.498 e. The summed E-state index contributed by atoms with van der Waals surface area (Å²) in [4.78, 5) is 23.6. The molecule has 1 heterocycles. The maximum Gasteiger partial charge on any atom is 0.412 e. The molecule has 156 valence electrons. The fraction of sp³-hybridized carbons (Fsp3) is 0.182. The van der Waals surface area contributed by atoms with Crippen LogP contribution in [0.5, 0.6) is 0 Å². The summed E-state index contributed by atoms with van der Waals surface area (Å²) in [6, 6.07) is 14.6. The van der Waals surface area contributed by atoms with Crippen LogP contribution in [0.25, 0.3) is 11.1 Å². The molecule has 2 N–H and O–H groups in total. The molecule has 0 saturated heterocycles. The Morgan fingerprint density at radius 1 is 0.967 bits per heavy atom. The Morgan fingerprint density at radius 2 is 1.57 bits per heavy atom. The minimum atomic E-state index is -0.558. The van der Waals surface area contributed by atoms with Gasteiger partial charge in [0.05, 0.1) is 12.5 Å². The Kier molecular flexibility index (Phi) is 7.32. The lowest BCUT2D eigenvalue weighted by atomic mass is 10.1. The number of anilines is 2. The third-order valence-corrected chi connectivity index (χ3v) is 4.06. The minimum absolute atomic E-state index is 0.134. The Balaban J connectivity index is 1.49. The molecule has 1 atom stereocenters. The average molecular weight is 410 g/mol. The number of ether oxygens (including phenoxy) is 4. The number of rotatable bonds is 8. The van der Waals surface area contributed by atoms with E-state index in [1.807, 2.05) is 24.3 Å². The van der Waals surface area contributed by atoms with E-state index < -0.39 is 12.2 Å². The molecule has 0 saturated carbocycles. The van der Waals surface area contributed by atoms with E-state index in [-0.39, 0.29) is 19.3 Å². The molecular weight excluding hydrogens is 388 g/mol. The van der Waals surface area contributed by atoms with E-state index in [1.54, 1.807) is 30.3 Å². The number of carbonyl (C=O) groups is 2. The molecule has 8 heteroatoms. The van der Waals surface area contributed by atoms with Crippen molar-refractivity contribution in [2.45, 2.75) is 6.10 Å². The number of nitrogens with one attached hydrogen (secondary N) is 2. The third-order valence-electron chi connectivity index (χ3n) is 4.06. The van der Waals surface area contributed by atoms with Crippen molar-refractivity contribution in [3.63, 3.8) is 0 Å². The topological polar surface area (TPSA) is 95.1 Å². The van der Waals surface area contributed by atoms with Gasteiger partial charge in [0.15, 0.2) is 6.10 Å². The van der Waals surface area contributed by atoms with Crippen molar-refractivity contribution in [2.75, 3.05) is 30.5 Å². The number of hydrogen-bond acceptors (Lipinski definition) is 6. The highest BCUT2D eigenvalue weighted by Gasteiger charge is 2.15. The summed E-state index contributed by atoms with van der Waals surface area (Å²) in [5, 5.41) is 5.32. The van der Waals surface area contributed by atoms with Gasteiger partial charge in [0.25, 0.3) is 0 Å². The molecule has 0 radical (unpaired) electrons. The Morgan fingerprint density at radius 3 is 2.10 bits per heavy atom. The van der Waals surface area contributed by atoms with Crippen LogP contribution in [0.15, 0.2) is 73.7 Å². The lowest BCUT2D eigenvalue weighted by Gasteiger charge is -2.11. The van der Waals surface area contributed by atoms with E-state index >= 15 is 0 Å². The lowest BCUT2D eigenvalue weighted by molar-refractivity contribution is 0.104. The zero-order valence-electron chi connectivity index (χ0n) is 16.2. The molecule has 0 fully saturated rings.